The minimum Gasteiger partial charge on any atom is -0.390 e. The number of nitrogens with one attached hydrogen (secondary N) is 1. The van der Waals surface area contributed by atoms with Crippen LogP contribution in [0.5, 0.6) is 0 Å². The van der Waals surface area contributed by atoms with E-state index in [2.05, 4.69) is 0 Å². The molecule has 4 nitrogen and oxygen atoms in total. The summed E-state index contributed by atoms with van der Waals surface area (Å²) in [6.45, 7) is 0. The highest BCUT2D eigenvalue weighted by molar-refractivity contribution is 7.92. The predicted molar refractivity (Wildman–Crippen MR) is 37.2 cm³/mol. The van der Waals surface area contributed by atoms with Crippen LogP contribution in [-0.2, 0) is 9.73 Å². The Kier molecular flexibility index (Phi) is 1.98. The molecule has 60 valence electrons. The van der Waals surface area contributed by atoms with Crippen molar-refractivity contribution < 1.29 is 14.4 Å². The molecule has 1 aliphatic heterocycles. The second-order valence-corrected chi connectivity index (χ2v) is 4.97. The molecule has 0 bridgehead atoms. The molecule has 0 aromatic heterocycles. The molecule has 3 N–H and O–H groups in total. The van der Waals surface area contributed by atoms with E-state index in [0.29, 0.717) is 0 Å². The monoisotopic (exact) mass is 165 g/mol. The normalized spacial score (nSPS) is 49.0. The van der Waals surface area contributed by atoms with E-state index in [-0.39, 0.29) is 17.9 Å². The quantitative estimate of drug-likeness (QED) is 0.437. The Bertz CT molecular complexity index is 211. The van der Waals surface area contributed by atoms with E-state index < -0.39 is 21.9 Å². The van der Waals surface area contributed by atoms with Gasteiger partial charge in [0.05, 0.1) is 18.0 Å². The molecule has 3 unspecified atom stereocenters. The first-order chi connectivity index (χ1) is 4.51. The van der Waals surface area contributed by atoms with Crippen molar-refractivity contribution in [1.29, 1.82) is 4.78 Å². The third-order valence-electron chi connectivity index (χ3n) is 1.63. The summed E-state index contributed by atoms with van der Waals surface area (Å²) >= 11 is 0. The molecule has 10 heavy (non-hydrogen) atoms. The lowest BCUT2D eigenvalue weighted by Gasteiger charge is -2.24. The van der Waals surface area contributed by atoms with Crippen LogP contribution in [-0.4, -0.2) is 38.1 Å². The van der Waals surface area contributed by atoms with Crippen LogP contribution in [0.2, 0.25) is 0 Å². The third-order valence-corrected chi connectivity index (χ3v) is 3.40. The molecule has 0 saturated carbocycles. The average molecular weight is 165 g/mol. The largest absolute Gasteiger partial charge is 0.390 e. The second kappa shape index (κ2) is 2.48. The molecular formula is C5H11NO3S. The number of aliphatic hydroxyl groups is 2. The highest BCUT2D eigenvalue weighted by atomic mass is 32.2. The Labute approximate surface area is 59.9 Å². The van der Waals surface area contributed by atoms with E-state index in [1.165, 1.54) is 0 Å². The molecule has 0 spiro atoms. The first-order valence-electron chi connectivity index (χ1n) is 3.11. The molecule has 3 atom stereocenters. The number of hydrogen-bond donors (Lipinski definition) is 3. The van der Waals surface area contributed by atoms with E-state index in [9.17, 15) is 4.21 Å². The average Bonchev–Trinajstić information content (AvgIpc) is 1.79. The Hall–Kier alpha value is -0.130. The Morgan fingerprint density at radius 1 is 1.40 bits per heavy atom. The standard InChI is InChI=1S/C5H11NO3S/c6-10(9)2-1-4(7)5(8)3-10/h4-8H,1-3H2. The number of rotatable bonds is 0. The van der Waals surface area contributed by atoms with Crippen LogP contribution in [0.3, 0.4) is 0 Å². The maximum Gasteiger partial charge on any atom is 0.0922 e. The van der Waals surface area contributed by atoms with Gasteiger partial charge in [-0.1, -0.05) is 0 Å². The van der Waals surface area contributed by atoms with E-state index in [4.69, 9.17) is 15.0 Å². The zero-order valence-electron chi connectivity index (χ0n) is 5.49. The minimum absolute atomic E-state index is 0.0752. The molecule has 0 aromatic rings. The summed E-state index contributed by atoms with van der Waals surface area (Å²) in [6, 6.07) is 0. The van der Waals surface area contributed by atoms with Crippen molar-refractivity contribution in [2.75, 3.05) is 11.5 Å². The van der Waals surface area contributed by atoms with Crippen LogP contribution >= 0.6 is 0 Å². The topological polar surface area (TPSA) is 81.4 Å². The molecule has 1 rings (SSSR count). The Balaban J connectivity index is 2.66. The first kappa shape index (κ1) is 7.97. The second-order valence-electron chi connectivity index (χ2n) is 2.61. The molecule has 1 heterocycles. The zero-order chi connectivity index (χ0) is 7.78. The van der Waals surface area contributed by atoms with Gasteiger partial charge in [0, 0.05) is 15.5 Å². The van der Waals surface area contributed by atoms with Gasteiger partial charge in [0.2, 0.25) is 0 Å². The van der Waals surface area contributed by atoms with Crippen LogP contribution in [0, 0.1) is 4.78 Å². The third kappa shape index (κ3) is 1.68. The van der Waals surface area contributed by atoms with Gasteiger partial charge in [0.25, 0.3) is 0 Å². The molecule has 1 saturated heterocycles. The van der Waals surface area contributed by atoms with Gasteiger partial charge in [-0.2, -0.15) is 0 Å². The van der Waals surface area contributed by atoms with Crippen LogP contribution in [0.15, 0.2) is 0 Å². The lowest BCUT2D eigenvalue weighted by Crippen LogP contribution is -2.39. The lowest BCUT2D eigenvalue weighted by molar-refractivity contribution is 0.0281. The van der Waals surface area contributed by atoms with Gasteiger partial charge in [-0.25, -0.2) is 4.21 Å². The van der Waals surface area contributed by atoms with Crippen molar-refractivity contribution in [3.63, 3.8) is 0 Å². The van der Waals surface area contributed by atoms with Gasteiger partial charge < -0.3 is 10.2 Å². The van der Waals surface area contributed by atoms with Crippen molar-refractivity contribution in [3.05, 3.63) is 0 Å². The van der Waals surface area contributed by atoms with Crippen LogP contribution in [0.1, 0.15) is 6.42 Å². The van der Waals surface area contributed by atoms with E-state index in [1.807, 2.05) is 0 Å². The molecule has 0 aliphatic carbocycles. The Morgan fingerprint density at radius 3 is 2.40 bits per heavy atom. The fraction of sp³-hybridized carbons (Fsp3) is 1.00. The maximum atomic E-state index is 11.0. The summed E-state index contributed by atoms with van der Waals surface area (Å²) in [5, 5.41) is 17.9. The molecule has 5 heteroatoms. The summed E-state index contributed by atoms with van der Waals surface area (Å²) in [5.41, 5.74) is 0. The number of hydrogen-bond acceptors (Lipinski definition) is 4. The lowest BCUT2D eigenvalue weighted by atomic mass is 10.2. The molecular weight excluding hydrogens is 154 g/mol. The summed E-state index contributed by atoms with van der Waals surface area (Å²) < 4.78 is 18.1. The van der Waals surface area contributed by atoms with E-state index in [0.717, 1.165) is 0 Å². The fourth-order valence-corrected chi connectivity index (χ4v) is 2.54. The molecule has 0 amide bonds. The van der Waals surface area contributed by atoms with E-state index in [1.54, 1.807) is 0 Å². The van der Waals surface area contributed by atoms with Crippen LogP contribution in [0.25, 0.3) is 0 Å². The van der Waals surface area contributed by atoms with Gasteiger partial charge in [-0.05, 0) is 6.42 Å². The smallest absolute Gasteiger partial charge is 0.0922 e. The van der Waals surface area contributed by atoms with Crippen molar-refractivity contribution >= 4 is 9.73 Å². The summed E-state index contributed by atoms with van der Waals surface area (Å²) in [5.74, 6) is 0.138. The number of aliphatic hydroxyl groups excluding tert-OH is 2. The van der Waals surface area contributed by atoms with E-state index >= 15 is 0 Å². The van der Waals surface area contributed by atoms with Gasteiger partial charge in [-0.15, -0.1) is 0 Å². The highest BCUT2D eigenvalue weighted by Crippen LogP contribution is 2.12. The minimum atomic E-state index is -2.57. The fourth-order valence-electron chi connectivity index (χ4n) is 0.974. The maximum absolute atomic E-state index is 11.0. The van der Waals surface area contributed by atoms with Crippen molar-refractivity contribution in [1.82, 2.24) is 0 Å². The van der Waals surface area contributed by atoms with Crippen LogP contribution < -0.4 is 0 Å². The van der Waals surface area contributed by atoms with Gasteiger partial charge in [0.15, 0.2) is 0 Å². The predicted octanol–water partition coefficient (Wildman–Crippen LogP) is -0.841. The van der Waals surface area contributed by atoms with Crippen molar-refractivity contribution in [2.24, 2.45) is 0 Å². The first-order valence-corrected chi connectivity index (χ1v) is 5.01. The molecule has 1 aliphatic rings. The summed E-state index contributed by atoms with van der Waals surface area (Å²) in [6.07, 6.45) is -1.46. The highest BCUT2D eigenvalue weighted by Gasteiger charge is 2.27. The summed E-state index contributed by atoms with van der Waals surface area (Å²) in [4.78, 5) is 0. The molecule has 0 radical (unpaired) electrons. The summed E-state index contributed by atoms with van der Waals surface area (Å²) in [7, 11) is -2.57. The Morgan fingerprint density at radius 2 is 2.00 bits per heavy atom. The molecule has 0 aromatic carbocycles. The SMILES string of the molecule is N=S1(=O)CCC(O)C(O)C1. The van der Waals surface area contributed by atoms with Crippen molar-refractivity contribution in [3.8, 4) is 0 Å². The van der Waals surface area contributed by atoms with Crippen molar-refractivity contribution in [2.45, 2.75) is 18.6 Å². The van der Waals surface area contributed by atoms with Gasteiger partial charge in [-0.3, -0.25) is 4.78 Å². The van der Waals surface area contributed by atoms with Gasteiger partial charge in [0.1, 0.15) is 0 Å². The van der Waals surface area contributed by atoms with Gasteiger partial charge >= 0.3 is 0 Å². The molecule has 1 fully saturated rings. The van der Waals surface area contributed by atoms with Crippen LogP contribution in [0.4, 0.5) is 0 Å². The zero-order valence-corrected chi connectivity index (χ0v) is 6.30.